The second kappa shape index (κ2) is 9.14. The van der Waals surface area contributed by atoms with E-state index in [1.54, 1.807) is 30.3 Å². The third kappa shape index (κ3) is 5.16. The first-order valence-corrected chi connectivity index (χ1v) is 9.35. The molecule has 0 unspecified atom stereocenters. The van der Waals surface area contributed by atoms with Crippen LogP contribution in [0.3, 0.4) is 0 Å². The van der Waals surface area contributed by atoms with Crippen LogP contribution in [-0.4, -0.2) is 5.91 Å². The lowest BCUT2D eigenvalue weighted by molar-refractivity contribution is 0.0950. The van der Waals surface area contributed by atoms with Crippen LogP contribution in [0, 0.1) is 0 Å². The lowest BCUT2D eigenvalue weighted by Gasteiger charge is -2.13. The highest BCUT2D eigenvalue weighted by Gasteiger charge is 2.13. The molecular weight excluding hydrogens is 405 g/mol. The molecule has 1 N–H and O–H groups in total. The Morgan fingerprint density at radius 2 is 1.70 bits per heavy atom. The van der Waals surface area contributed by atoms with E-state index in [0.717, 1.165) is 11.1 Å². The van der Waals surface area contributed by atoms with Crippen molar-refractivity contribution in [1.82, 2.24) is 5.32 Å². The summed E-state index contributed by atoms with van der Waals surface area (Å²) in [7, 11) is 0. The van der Waals surface area contributed by atoms with Crippen molar-refractivity contribution < 1.29 is 9.53 Å². The van der Waals surface area contributed by atoms with Crippen LogP contribution in [0.1, 0.15) is 21.5 Å². The molecule has 6 heteroatoms. The van der Waals surface area contributed by atoms with Crippen LogP contribution in [0.15, 0.2) is 66.7 Å². The highest BCUT2D eigenvalue weighted by Crippen LogP contribution is 2.27. The molecule has 0 saturated carbocycles. The summed E-state index contributed by atoms with van der Waals surface area (Å²) in [6, 6.07) is 20.1. The van der Waals surface area contributed by atoms with E-state index in [0.29, 0.717) is 28.0 Å². The number of benzene rings is 3. The maximum absolute atomic E-state index is 12.4. The van der Waals surface area contributed by atoms with Crippen molar-refractivity contribution in [3.63, 3.8) is 0 Å². The SMILES string of the molecule is O=C(NCc1ccc(Cl)cc1OCc1ccccc1)c1cccc(Cl)c1Cl. The molecule has 3 aromatic carbocycles. The second-order valence-electron chi connectivity index (χ2n) is 5.81. The summed E-state index contributed by atoms with van der Waals surface area (Å²) in [6.45, 7) is 0.672. The first kappa shape index (κ1) is 19.6. The summed E-state index contributed by atoms with van der Waals surface area (Å²) >= 11 is 18.2. The Kier molecular flexibility index (Phi) is 6.62. The zero-order chi connectivity index (χ0) is 19.2. The van der Waals surface area contributed by atoms with Crippen LogP contribution in [0.2, 0.25) is 15.1 Å². The third-order valence-corrected chi connectivity index (χ3v) is 4.96. The van der Waals surface area contributed by atoms with Crippen molar-refractivity contribution in [2.75, 3.05) is 0 Å². The highest BCUT2D eigenvalue weighted by molar-refractivity contribution is 6.43. The molecule has 3 aromatic rings. The molecule has 0 heterocycles. The predicted octanol–water partition coefficient (Wildman–Crippen LogP) is 6.16. The fourth-order valence-electron chi connectivity index (χ4n) is 2.49. The van der Waals surface area contributed by atoms with E-state index in [9.17, 15) is 4.79 Å². The summed E-state index contributed by atoms with van der Waals surface area (Å²) in [5.41, 5.74) is 2.17. The molecule has 0 fully saturated rings. The molecule has 0 aromatic heterocycles. The Bertz CT molecular complexity index is 945. The fourth-order valence-corrected chi connectivity index (χ4v) is 3.04. The molecule has 0 saturated heterocycles. The number of hydrogen-bond acceptors (Lipinski definition) is 2. The van der Waals surface area contributed by atoms with Crippen LogP contribution in [0.25, 0.3) is 0 Å². The molecule has 3 rings (SSSR count). The van der Waals surface area contributed by atoms with Crippen molar-refractivity contribution in [1.29, 1.82) is 0 Å². The number of ether oxygens (including phenoxy) is 1. The second-order valence-corrected chi connectivity index (χ2v) is 7.03. The van der Waals surface area contributed by atoms with Gasteiger partial charge in [-0.15, -0.1) is 0 Å². The molecule has 0 aliphatic rings. The van der Waals surface area contributed by atoms with Gasteiger partial charge in [0, 0.05) is 17.1 Å². The summed E-state index contributed by atoms with van der Waals surface area (Å²) in [5, 5.41) is 3.96. The topological polar surface area (TPSA) is 38.3 Å². The first-order chi connectivity index (χ1) is 13.0. The van der Waals surface area contributed by atoms with Crippen molar-refractivity contribution in [3.8, 4) is 5.75 Å². The van der Waals surface area contributed by atoms with Crippen LogP contribution >= 0.6 is 34.8 Å². The number of amides is 1. The van der Waals surface area contributed by atoms with Crippen LogP contribution in [0.4, 0.5) is 0 Å². The average molecular weight is 421 g/mol. The number of nitrogens with one attached hydrogen (secondary N) is 1. The Morgan fingerprint density at radius 3 is 2.48 bits per heavy atom. The predicted molar refractivity (Wildman–Crippen MR) is 110 cm³/mol. The Hall–Kier alpha value is -2.20. The molecule has 1 amide bonds. The van der Waals surface area contributed by atoms with Crippen molar-refractivity contribution in [3.05, 3.63) is 98.5 Å². The van der Waals surface area contributed by atoms with Gasteiger partial charge in [-0.2, -0.15) is 0 Å². The van der Waals surface area contributed by atoms with Gasteiger partial charge < -0.3 is 10.1 Å². The summed E-state index contributed by atoms with van der Waals surface area (Å²) in [5.74, 6) is 0.301. The monoisotopic (exact) mass is 419 g/mol. The molecule has 0 atom stereocenters. The van der Waals surface area contributed by atoms with Gasteiger partial charge >= 0.3 is 0 Å². The minimum Gasteiger partial charge on any atom is -0.488 e. The summed E-state index contributed by atoms with van der Waals surface area (Å²) in [6.07, 6.45) is 0. The number of carbonyl (C=O) groups is 1. The average Bonchev–Trinajstić information content (AvgIpc) is 2.68. The van der Waals surface area contributed by atoms with Gasteiger partial charge in [0.15, 0.2) is 0 Å². The van der Waals surface area contributed by atoms with Gasteiger partial charge in [0.05, 0.1) is 15.6 Å². The van der Waals surface area contributed by atoms with Crippen molar-refractivity contribution in [2.45, 2.75) is 13.2 Å². The van der Waals surface area contributed by atoms with Crippen LogP contribution in [-0.2, 0) is 13.2 Å². The molecule has 0 aliphatic heterocycles. The van der Waals surface area contributed by atoms with Gasteiger partial charge in [-0.1, -0.05) is 77.3 Å². The molecule has 138 valence electrons. The normalized spacial score (nSPS) is 10.5. The maximum Gasteiger partial charge on any atom is 0.253 e. The van der Waals surface area contributed by atoms with Gasteiger partial charge in [0.1, 0.15) is 12.4 Å². The minimum absolute atomic E-state index is 0.230. The van der Waals surface area contributed by atoms with Crippen LogP contribution in [0.5, 0.6) is 5.75 Å². The highest BCUT2D eigenvalue weighted by atomic mass is 35.5. The molecule has 0 bridgehead atoms. The van der Waals surface area contributed by atoms with E-state index in [1.807, 2.05) is 36.4 Å². The lowest BCUT2D eigenvalue weighted by atomic mass is 10.1. The van der Waals surface area contributed by atoms with E-state index >= 15 is 0 Å². The van der Waals surface area contributed by atoms with Gasteiger partial charge in [-0.3, -0.25) is 4.79 Å². The Balaban J connectivity index is 1.71. The van der Waals surface area contributed by atoms with Crippen molar-refractivity contribution in [2.24, 2.45) is 0 Å². The summed E-state index contributed by atoms with van der Waals surface area (Å²) in [4.78, 5) is 12.4. The number of halogens is 3. The van der Waals surface area contributed by atoms with Gasteiger partial charge in [0.25, 0.3) is 5.91 Å². The zero-order valence-electron chi connectivity index (χ0n) is 14.2. The molecular formula is C21H16Cl3NO2. The first-order valence-electron chi connectivity index (χ1n) is 8.22. The molecule has 0 radical (unpaired) electrons. The van der Waals surface area contributed by atoms with Gasteiger partial charge in [-0.25, -0.2) is 0 Å². The Labute approximate surface area is 172 Å². The molecule has 27 heavy (non-hydrogen) atoms. The number of hydrogen-bond donors (Lipinski definition) is 1. The third-order valence-electron chi connectivity index (χ3n) is 3.90. The largest absolute Gasteiger partial charge is 0.488 e. The smallest absolute Gasteiger partial charge is 0.253 e. The van der Waals surface area contributed by atoms with E-state index in [1.165, 1.54) is 0 Å². The van der Waals surface area contributed by atoms with Crippen molar-refractivity contribution >= 4 is 40.7 Å². The van der Waals surface area contributed by atoms with E-state index in [2.05, 4.69) is 5.32 Å². The molecule has 0 spiro atoms. The minimum atomic E-state index is -0.313. The molecule has 0 aliphatic carbocycles. The van der Waals surface area contributed by atoms with E-state index in [-0.39, 0.29) is 17.5 Å². The quantitative estimate of drug-likeness (QED) is 0.519. The van der Waals surface area contributed by atoms with E-state index in [4.69, 9.17) is 39.5 Å². The zero-order valence-corrected chi connectivity index (χ0v) is 16.5. The maximum atomic E-state index is 12.4. The Morgan fingerprint density at radius 1 is 0.926 bits per heavy atom. The number of rotatable bonds is 6. The van der Waals surface area contributed by atoms with Crippen LogP contribution < -0.4 is 10.1 Å². The fraction of sp³-hybridized carbons (Fsp3) is 0.0952. The van der Waals surface area contributed by atoms with Gasteiger partial charge in [-0.05, 0) is 29.8 Å². The lowest BCUT2D eigenvalue weighted by Crippen LogP contribution is -2.23. The standard InChI is InChI=1S/C21H16Cl3NO2/c22-16-10-9-15(19(11-16)27-13-14-5-2-1-3-6-14)12-25-21(26)17-7-4-8-18(23)20(17)24/h1-11H,12-13H2,(H,25,26). The number of carbonyl (C=O) groups excluding carboxylic acids is 1. The van der Waals surface area contributed by atoms with Gasteiger partial charge in [0.2, 0.25) is 0 Å². The summed E-state index contributed by atoms with van der Waals surface area (Å²) < 4.78 is 5.90. The molecule has 3 nitrogen and oxygen atoms in total. The van der Waals surface area contributed by atoms with E-state index < -0.39 is 0 Å².